The Morgan fingerprint density at radius 1 is 1.27 bits per heavy atom. The van der Waals surface area contributed by atoms with Crippen LogP contribution in [0.4, 0.5) is 0 Å². The van der Waals surface area contributed by atoms with Gasteiger partial charge in [-0.3, -0.25) is 4.79 Å². The number of aromatic nitrogens is 2. The Morgan fingerprint density at radius 2 is 2.09 bits per heavy atom. The Balaban J connectivity index is 2.27. The van der Waals surface area contributed by atoms with Crippen LogP contribution < -0.4 is 5.43 Å². The summed E-state index contributed by atoms with van der Waals surface area (Å²) in [6, 6.07) is 7.73. The molecule has 1 aromatic carbocycles. The van der Waals surface area contributed by atoms with Gasteiger partial charge in [0.25, 0.3) is 0 Å². The van der Waals surface area contributed by atoms with Gasteiger partial charge in [-0.25, -0.2) is 4.79 Å². The van der Waals surface area contributed by atoms with E-state index in [1.54, 1.807) is 6.92 Å². The molecule has 0 fully saturated rings. The molecule has 0 aliphatic heterocycles. The number of hydrogen-bond acceptors (Lipinski definition) is 5. The monoisotopic (exact) mass is 294 g/mol. The maximum atomic E-state index is 12.7. The molecule has 0 amide bonds. The van der Waals surface area contributed by atoms with Crippen molar-refractivity contribution < 1.29 is 9.53 Å². The molecule has 0 N–H and O–H groups in total. The zero-order chi connectivity index (χ0) is 15.5. The second kappa shape index (κ2) is 5.89. The quantitative estimate of drug-likeness (QED) is 0.795. The van der Waals surface area contributed by atoms with Gasteiger partial charge in [0.1, 0.15) is 0 Å². The van der Waals surface area contributed by atoms with Crippen LogP contribution in [0.25, 0.3) is 17.2 Å². The minimum atomic E-state index is -0.736. The molecule has 0 unspecified atom stereocenters. The van der Waals surface area contributed by atoms with Crippen LogP contribution in [0.5, 0.6) is 0 Å². The Morgan fingerprint density at radius 3 is 2.91 bits per heavy atom. The topological polar surface area (TPSA) is 69.2 Å². The minimum absolute atomic E-state index is 0.184. The second-order valence-electron chi connectivity index (χ2n) is 4.83. The van der Waals surface area contributed by atoms with E-state index in [2.05, 4.69) is 10.2 Å². The van der Waals surface area contributed by atoms with E-state index in [4.69, 9.17) is 4.74 Å². The number of benzene rings is 1. The van der Waals surface area contributed by atoms with Gasteiger partial charge in [-0.1, -0.05) is 36.4 Å². The van der Waals surface area contributed by atoms with Gasteiger partial charge in [-0.05, 0) is 24.5 Å². The van der Waals surface area contributed by atoms with Crippen LogP contribution in [0.3, 0.4) is 0 Å². The predicted octanol–water partition coefficient (Wildman–Crippen LogP) is 2.25. The molecule has 1 aliphatic carbocycles. The molecule has 3 rings (SSSR count). The Bertz CT molecular complexity index is 828. The molecule has 5 heteroatoms. The van der Waals surface area contributed by atoms with E-state index in [9.17, 15) is 9.59 Å². The lowest BCUT2D eigenvalue weighted by atomic mass is 9.99. The van der Waals surface area contributed by atoms with Crippen molar-refractivity contribution in [3.8, 4) is 11.1 Å². The number of fused-ring (bicyclic) bond motifs is 3. The van der Waals surface area contributed by atoms with Gasteiger partial charge >= 0.3 is 5.97 Å². The summed E-state index contributed by atoms with van der Waals surface area (Å²) in [5, 5.41) is 7.63. The molecule has 0 saturated heterocycles. The van der Waals surface area contributed by atoms with Crippen LogP contribution in [0.15, 0.2) is 41.3 Å². The van der Waals surface area contributed by atoms with Crippen LogP contribution in [-0.4, -0.2) is 22.8 Å². The summed E-state index contributed by atoms with van der Waals surface area (Å²) in [4.78, 5) is 24.5. The van der Waals surface area contributed by atoms with Crippen LogP contribution >= 0.6 is 0 Å². The number of carbonyl (C=O) groups is 1. The van der Waals surface area contributed by atoms with Gasteiger partial charge < -0.3 is 4.74 Å². The first-order valence-electron chi connectivity index (χ1n) is 7.04. The molecule has 1 aromatic heterocycles. The number of hydrogen-bond donors (Lipinski definition) is 0. The molecular weight excluding hydrogens is 280 g/mol. The molecule has 0 spiro atoms. The summed E-state index contributed by atoms with van der Waals surface area (Å²) in [7, 11) is 0. The van der Waals surface area contributed by atoms with E-state index in [1.165, 1.54) is 6.20 Å². The van der Waals surface area contributed by atoms with Crippen LogP contribution in [0.1, 0.15) is 28.5 Å². The molecule has 1 aliphatic rings. The lowest BCUT2D eigenvalue weighted by Crippen LogP contribution is -2.20. The maximum absolute atomic E-state index is 12.7. The lowest BCUT2D eigenvalue weighted by Gasteiger charge is -2.04. The standard InChI is InChI=1S/C17H14N2O3/c1-2-22-17(21)15-16(20)13-9-5-7-11-6-3-4-8-12(11)14(13)10-18-19-15/h3-8,10H,2,9H2,1H3. The fourth-order valence-corrected chi connectivity index (χ4v) is 2.49. The molecule has 1 heterocycles. The number of rotatable bonds is 2. The van der Waals surface area contributed by atoms with Crippen molar-refractivity contribution in [2.45, 2.75) is 13.3 Å². The second-order valence-corrected chi connectivity index (χ2v) is 4.83. The van der Waals surface area contributed by atoms with Gasteiger partial charge in [0.15, 0.2) is 0 Å². The molecule has 22 heavy (non-hydrogen) atoms. The smallest absolute Gasteiger partial charge is 0.362 e. The van der Waals surface area contributed by atoms with Crippen molar-refractivity contribution in [3.05, 3.63) is 63.6 Å². The number of carbonyl (C=O) groups excluding carboxylic acids is 1. The van der Waals surface area contributed by atoms with E-state index in [-0.39, 0.29) is 12.3 Å². The molecule has 0 bridgehead atoms. The third kappa shape index (κ3) is 2.41. The first-order valence-corrected chi connectivity index (χ1v) is 7.04. The highest BCUT2D eigenvalue weighted by molar-refractivity contribution is 5.88. The highest BCUT2D eigenvalue weighted by Gasteiger charge is 2.20. The van der Waals surface area contributed by atoms with Gasteiger partial charge in [0.2, 0.25) is 11.1 Å². The predicted molar refractivity (Wildman–Crippen MR) is 82.4 cm³/mol. The van der Waals surface area contributed by atoms with E-state index in [0.717, 1.165) is 11.1 Å². The number of nitrogens with zero attached hydrogens (tertiary/aromatic N) is 2. The molecule has 0 radical (unpaired) electrons. The summed E-state index contributed by atoms with van der Waals surface area (Å²) in [6.07, 6.45) is 5.83. The highest BCUT2D eigenvalue weighted by atomic mass is 16.5. The lowest BCUT2D eigenvalue weighted by molar-refractivity contribution is 0.0516. The molecule has 0 atom stereocenters. The molecular formula is C17H14N2O3. The normalized spacial score (nSPS) is 12.0. The first-order chi connectivity index (χ1) is 10.7. The van der Waals surface area contributed by atoms with Crippen molar-refractivity contribution in [3.63, 3.8) is 0 Å². The summed E-state index contributed by atoms with van der Waals surface area (Å²) < 4.78 is 4.88. The number of ether oxygens (including phenoxy) is 1. The van der Waals surface area contributed by atoms with Crippen molar-refractivity contribution >= 4 is 12.0 Å². The van der Waals surface area contributed by atoms with Crippen molar-refractivity contribution in [1.29, 1.82) is 0 Å². The maximum Gasteiger partial charge on any atom is 0.362 e. The van der Waals surface area contributed by atoms with E-state index in [1.807, 2.05) is 36.4 Å². The fraction of sp³-hybridized carbons (Fsp3) is 0.176. The third-order valence-electron chi connectivity index (χ3n) is 3.50. The van der Waals surface area contributed by atoms with Gasteiger partial charge in [0, 0.05) is 11.1 Å². The van der Waals surface area contributed by atoms with E-state index >= 15 is 0 Å². The SMILES string of the molecule is CCOC(=O)c1nncc2c(c1=O)CC=Cc1ccccc1-2. The summed E-state index contributed by atoms with van der Waals surface area (Å²) in [6.45, 7) is 1.86. The third-order valence-corrected chi connectivity index (χ3v) is 3.50. The first kappa shape index (κ1) is 14.1. The van der Waals surface area contributed by atoms with E-state index in [0.29, 0.717) is 17.5 Å². The van der Waals surface area contributed by atoms with Crippen LogP contribution in [-0.2, 0) is 11.2 Å². The molecule has 5 nitrogen and oxygen atoms in total. The van der Waals surface area contributed by atoms with Crippen LogP contribution in [0, 0.1) is 0 Å². The zero-order valence-corrected chi connectivity index (χ0v) is 12.1. The summed E-state index contributed by atoms with van der Waals surface area (Å²) in [5.74, 6) is -0.736. The van der Waals surface area contributed by atoms with Gasteiger partial charge in [0.05, 0.1) is 12.8 Å². The molecule has 110 valence electrons. The largest absolute Gasteiger partial charge is 0.461 e. The molecule has 0 saturated carbocycles. The highest BCUT2D eigenvalue weighted by Crippen LogP contribution is 2.28. The van der Waals surface area contributed by atoms with Crippen molar-refractivity contribution in [2.75, 3.05) is 6.61 Å². The average Bonchev–Trinajstić information content (AvgIpc) is 2.79. The summed E-state index contributed by atoms with van der Waals surface area (Å²) in [5.41, 5.74) is 2.43. The Kier molecular flexibility index (Phi) is 3.78. The zero-order valence-electron chi connectivity index (χ0n) is 12.1. The van der Waals surface area contributed by atoms with E-state index < -0.39 is 11.4 Å². The van der Waals surface area contributed by atoms with Gasteiger partial charge in [-0.15, -0.1) is 5.10 Å². The Hall–Kier alpha value is -2.82. The average molecular weight is 294 g/mol. The fourth-order valence-electron chi connectivity index (χ4n) is 2.49. The number of allylic oxidation sites excluding steroid dienone is 1. The Labute approximate surface area is 127 Å². The number of esters is 1. The minimum Gasteiger partial charge on any atom is -0.461 e. The summed E-state index contributed by atoms with van der Waals surface area (Å²) >= 11 is 0. The van der Waals surface area contributed by atoms with Crippen LogP contribution in [0.2, 0.25) is 0 Å². The van der Waals surface area contributed by atoms with Crippen molar-refractivity contribution in [2.24, 2.45) is 0 Å². The van der Waals surface area contributed by atoms with Crippen molar-refractivity contribution in [1.82, 2.24) is 10.2 Å². The molecule has 2 aromatic rings. The van der Waals surface area contributed by atoms with Gasteiger partial charge in [-0.2, -0.15) is 5.10 Å².